The lowest BCUT2D eigenvalue weighted by molar-refractivity contribution is 0.414. The summed E-state index contributed by atoms with van der Waals surface area (Å²) in [5.41, 5.74) is 1.27. The highest BCUT2D eigenvalue weighted by Crippen LogP contribution is 2.25. The van der Waals surface area contributed by atoms with Crippen molar-refractivity contribution in [2.75, 3.05) is 7.11 Å². The Morgan fingerprint density at radius 2 is 1.75 bits per heavy atom. The zero-order valence-electron chi connectivity index (χ0n) is 9.99. The Morgan fingerprint density at radius 3 is 2.38 bits per heavy atom. The summed E-state index contributed by atoms with van der Waals surface area (Å²) in [7, 11) is 1.70. The molecular formula is C15H20O. The van der Waals surface area contributed by atoms with E-state index in [1.54, 1.807) is 7.11 Å². The molecule has 0 unspecified atom stereocenters. The van der Waals surface area contributed by atoms with Crippen molar-refractivity contribution in [3.8, 4) is 5.75 Å². The summed E-state index contributed by atoms with van der Waals surface area (Å²) in [6.07, 6.45) is 11.6. The maximum Gasteiger partial charge on any atom is 0.118 e. The SMILES string of the molecule is COc1ccc(C=CC2CCCCC2)cc1. The van der Waals surface area contributed by atoms with Gasteiger partial charge in [-0.3, -0.25) is 0 Å². The van der Waals surface area contributed by atoms with Crippen molar-refractivity contribution in [2.45, 2.75) is 32.1 Å². The van der Waals surface area contributed by atoms with Crippen LogP contribution in [0.3, 0.4) is 0 Å². The summed E-state index contributed by atoms with van der Waals surface area (Å²) in [6, 6.07) is 8.25. The van der Waals surface area contributed by atoms with Crippen molar-refractivity contribution < 1.29 is 4.74 Å². The fourth-order valence-corrected chi connectivity index (χ4v) is 2.29. The first-order chi connectivity index (χ1) is 7.88. The second-order valence-corrected chi connectivity index (χ2v) is 4.53. The molecule has 86 valence electrons. The third kappa shape index (κ3) is 3.13. The minimum atomic E-state index is 0.802. The van der Waals surface area contributed by atoms with Crippen molar-refractivity contribution in [1.82, 2.24) is 0 Å². The molecule has 0 saturated heterocycles. The molecule has 1 fully saturated rings. The van der Waals surface area contributed by atoms with E-state index in [1.807, 2.05) is 12.1 Å². The van der Waals surface area contributed by atoms with Crippen molar-refractivity contribution in [2.24, 2.45) is 5.92 Å². The monoisotopic (exact) mass is 216 g/mol. The number of hydrogen-bond acceptors (Lipinski definition) is 1. The summed E-state index contributed by atoms with van der Waals surface area (Å²) in [5.74, 6) is 1.73. The van der Waals surface area contributed by atoms with Crippen LogP contribution in [0.5, 0.6) is 5.75 Å². The Bertz CT molecular complexity index is 331. The van der Waals surface area contributed by atoms with Crippen molar-refractivity contribution in [1.29, 1.82) is 0 Å². The maximum absolute atomic E-state index is 5.14. The molecule has 16 heavy (non-hydrogen) atoms. The van der Waals surface area contributed by atoms with Crippen LogP contribution >= 0.6 is 0 Å². The third-order valence-corrected chi connectivity index (χ3v) is 3.33. The van der Waals surface area contributed by atoms with E-state index in [2.05, 4.69) is 24.3 Å². The summed E-state index contributed by atoms with van der Waals surface area (Å²) in [4.78, 5) is 0. The molecule has 0 radical (unpaired) electrons. The van der Waals surface area contributed by atoms with Gasteiger partial charge < -0.3 is 4.74 Å². The topological polar surface area (TPSA) is 9.23 Å². The molecule has 2 rings (SSSR count). The molecule has 1 aliphatic rings. The minimum absolute atomic E-state index is 0.802. The summed E-state index contributed by atoms with van der Waals surface area (Å²) < 4.78 is 5.14. The van der Waals surface area contributed by atoms with E-state index in [-0.39, 0.29) is 0 Å². The van der Waals surface area contributed by atoms with Gasteiger partial charge in [0.1, 0.15) is 5.75 Å². The van der Waals surface area contributed by atoms with E-state index in [1.165, 1.54) is 37.7 Å². The van der Waals surface area contributed by atoms with Crippen molar-refractivity contribution >= 4 is 6.08 Å². The lowest BCUT2D eigenvalue weighted by Crippen LogP contribution is -2.02. The van der Waals surface area contributed by atoms with Gasteiger partial charge in [0.15, 0.2) is 0 Å². The molecule has 1 nitrogen and oxygen atoms in total. The van der Waals surface area contributed by atoms with Crippen LogP contribution in [0, 0.1) is 5.92 Å². The Labute approximate surface area is 98.1 Å². The molecule has 1 aromatic carbocycles. The number of ether oxygens (including phenoxy) is 1. The third-order valence-electron chi connectivity index (χ3n) is 3.33. The quantitative estimate of drug-likeness (QED) is 0.732. The van der Waals surface area contributed by atoms with E-state index < -0.39 is 0 Å². The molecule has 0 amide bonds. The number of hydrogen-bond donors (Lipinski definition) is 0. The number of rotatable bonds is 3. The highest BCUT2D eigenvalue weighted by Gasteiger charge is 2.09. The summed E-state index contributed by atoms with van der Waals surface area (Å²) in [5, 5.41) is 0. The molecule has 0 heterocycles. The maximum atomic E-state index is 5.14. The highest BCUT2D eigenvalue weighted by atomic mass is 16.5. The molecular weight excluding hydrogens is 196 g/mol. The molecule has 0 bridgehead atoms. The van der Waals surface area contributed by atoms with Gasteiger partial charge in [-0.05, 0) is 36.5 Å². The number of benzene rings is 1. The lowest BCUT2D eigenvalue weighted by atomic mass is 9.89. The largest absolute Gasteiger partial charge is 0.497 e. The second kappa shape index (κ2) is 5.74. The Kier molecular flexibility index (Phi) is 4.03. The second-order valence-electron chi connectivity index (χ2n) is 4.53. The first kappa shape index (κ1) is 11.3. The van der Waals surface area contributed by atoms with E-state index >= 15 is 0 Å². The van der Waals surface area contributed by atoms with Crippen LogP contribution in [0.25, 0.3) is 6.08 Å². The van der Waals surface area contributed by atoms with Crippen LogP contribution in [-0.4, -0.2) is 7.11 Å². The standard InChI is InChI=1S/C15H20O/c1-16-15-11-9-14(10-12-15)8-7-13-5-3-2-4-6-13/h7-13H,2-6H2,1H3. The Hall–Kier alpha value is -1.24. The smallest absolute Gasteiger partial charge is 0.118 e. The number of allylic oxidation sites excluding steroid dienone is 1. The van der Waals surface area contributed by atoms with E-state index in [4.69, 9.17) is 4.74 Å². The number of methoxy groups -OCH3 is 1. The fourth-order valence-electron chi connectivity index (χ4n) is 2.29. The predicted octanol–water partition coefficient (Wildman–Crippen LogP) is 4.29. The van der Waals surface area contributed by atoms with Gasteiger partial charge in [0, 0.05) is 0 Å². The molecule has 0 spiro atoms. The lowest BCUT2D eigenvalue weighted by Gasteiger charge is -2.17. The average Bonchev–Trinajstić information content (AvgIpc) is 2.38. The van der Waals surface area contributed by atoms with Crippen LogP contribution in [0.15, 0.2) is 30.3 Å². The van der Waals surface area contributed by atoms with E-state index in [0.717, 1.165) is 11.7 Å². The van der Waals surface area contributed by atoms with E-state index in [9.17, 15) is 0 Å². The van der Waals surface area contributed by atoms with E-state index in [0.29, 0.717) is 0 Å². The molecule has 0 aliphatic heterocycles. The first-order valence-electron chi connectivity index (χ1n) is 6.21. The normalized spacial score (nSPS) is 17.8. The Balaban J connectivity index is 1.94. The molecule has 0 N–H and O–H groups in total. The molecule has 0 aromatic heterocycles. The minimum Gasteiger partial charge on any atom is -0.497 e. The molecule has 1 saturated carbocycles. The van der Waals surface area contributed by atoms with Gasteiger partial charge in [0.25, 0.3) is 0 Å². The van der Waals surface area contributed by atoms with Gasteiger partial charge in [0.05, 0.1) is 7.11 Å². The van der Waals surface area contributed by atoms with Gasteiger partial charge in [-0.2, -0.15) is 0 Å². The average molecular weight is 216 g/mol. The van der Waals surface area contributed by atoms with Gasteiger partial charge in [-0.25, -0.2) is 0 Å². The zero-order chi connectivity index (χ0) is 11.2. The van der Waals surface area contributed by atoms with Crippen LogP contribution in [0.2, 0.25) is 0 Å². The Morgan fingerprint density at radius 1 is 1.06 bits per heavy atom. The van der Waals surface area contributed by atoms with Crippen LogP contribution in [0.4, 0.5) is 0 Å². The molecule has 1 aromatic rings. The summed E-state index contributed by atoms with van der Waals surface area (Å²) >= 11 is 0. The first-order valence-corrected chi connectivity index (χ1v) is 6.21. The van der Waals surface area contributed by atoms with Gasteiger partial charge in [-0.1, -0.05) is 43.5 Å². The van der Waals surface area contributed by atoms with Crippen LogP contribution < -0.4 is 4.74 Å². The highest BCUT2D eigenvalue weighted by molar-refractivity contribution is 5.50. The molecule has 1 heteroatoms. The van der Waals surface area contributed by atoms with Gasteiger partial charge in [-0.15, -0.1) is 0 Å². The zero-order valence-corrected chi connectivity index (χ0v) is 9.99. The molecule has 1 aliphatic carbocycles. The predicted molar refractivity (Wildman–Crippen MR) is 68.6 cm³/mol. The fraction of sp³-hybridized carbons (Fsp3) is 0.467. The summed E-state index contributed by atoms with van der Waals surface area (Å²) in [6.45, 7) is 0. The molecule has 0 atom stereocenters. The van der Waals surface area contributed by atoms with Crippen molar-refractivity contribution in [3.05, 3.63) is 35.9 Å². The van der Waals surface area contributed by atoms with Gasteiger partial charge in [0.2, 0.25) is 0 Å². The van der Waals surface area contributed by atoms with Crippen molar-refractivity contribution in [3.63, 3.8) is 0 Å². The van der Waals surface area contributed by atoms with Crippen LogP contribution in [-0.2, 0) is 0 Å². The van der Waals surface area contributed by atoms with Crippen LogP contribution in [0.1, 0.15) is 37.7 Å². The van der Waals surface area contributed by atoms with Gasteiger partial charge >= 0.3 is 0 Å².